The number of hydrogen-bond donors (Lipinski definition) is 1. The normalized spacial score (nSPS) is 20.0. The van der Waals surface area contributed by atoms with Crippen LogP contribution >= 0.6 is 0 Å². The predicted octanol–water partition coefficient (Wildman–Crippen LogP) is 3.13. The Balaban J connectivity index is 2.12. The Kier molecular flexibility index (Phi) is 5.30. The van der Waals surface area contributed by atoms with Gasteiger partial charge in [0.25, 0.3) is 5.69 Å². The summed E-state index contributed by atoms with van der Waals surface area (Å²) in [6.07, 6.45) is 1.84. The molecule has 2 atom stereocenters. The molecule has 0 spiro atoms. The number of carboxylic acid groups (broad SMARTS) is 1. The third-order valence-corrected chi connectivity index (χ3v) is 6.56. The molecule has 8 nitrogen and oxygen atoms in total. The van der Waals surface area contributed by atoms with Crippen molar-refractivity contribution in [3.8, 4) is 0 Å². The van der Waals surface area contributed by atoms with Gasteiger partial charge in [-0.15, -0.1) is 0 Å². The molecule has 0 fully saturated rings. The van der Waals surface area contributed by atoms with Crippen LogP contribution in [-0.4, -0.2) is 34.8 Å². The zero-order chi connectivity index (χ0) is 20.5. The highest BCUT2D eigenvalue weighted by Crippen LogP contribution is 2.41. The molecule has 0 saturated heterocycles. The van der Waals surface area contributed by atoms with Crippen LogP contribution in [0.25, 0.3) is 0 Å². The van der Waals surface area contributed by atoms with Crippen molar-refractivity contribution in [2.75, 3.05) is 0 Å². The van der Waals surface area contributed by atoms with Crippen molar-refractivity contribution in [3.05, 3.63) is 81.9 Å². The summed E-state index contributed by atoms with van der Waals surface area (Å²) in [6.45, 7) is 1.77. The number of carbonyl (C=O) groups is 1. The van der Waals surface area contributed by atoms with Gasteiger partial charge in [0.05, 0.1) is 21.4 Å². The lowest BCUT2D eigenvalue weighted by molar-refractivity contribution is -0.384. The van der Waals surface area contributed by atoms with E-state index in [1.165, 1.54) is 22.5 Å². The number of nitrogens with zero attached hydrogens (tertiary/aromatic N) is 2. The summed E-state index contributed by atoms with van der Waals surface area (Å²) in [5, 5.41) is 20.5. The van der Waals surface area contributed by atoms with E-state index in [-0.39, 0.29) is 16.2 Å². The number of nitro groups is 1. The highest BCUT2D eigenvalue weighted by atomic mass is 32.2. The minimum Gasteiger partial charge on any atom is -0.478 e. The van der Waals surface area contributed by atoms with Crippen LogP contribution < -0.4 is 0 Å². The fourth-order valence-electron chi connectivity index (χ4n) is 3.33. The maximum absolute atomic E-state index is 13.4. The van der Waals surface area contributed by atoms with E-state index in [0.717, 1.165) is 12.1 Å². The molecule has 146 valence electrons. The summed E-state index contributed by atoms with van der Waals surface area (Å²) in [4.78, 5) is 21.9. The first-order valence-electron chi connectivity index (χ1n) is 8.55. The largest absolute Gasteiger partial charge is 0.478 e. The van der Waals surface area contributed by atoms with Crippen molar-refractivity contribution in [1.82, 2.24) is 4.31 Å². The quantitative estimate of drug-likeness (QED) is 0.586. The van der Waals surface area contributed by atoms with Gasteiger partial charge < -0.3 is 5.11 Å². The van der Waals surface area contributed by atoms with Gasteiger partial charge in [0.1, 0.15) is 0 Å². The summed E-state index contributed by atoms with van der Waals surface area (Å²) >= 11 is 0. The second-order valence-electron chi connectivity index (χ2n) is 6.30. The molecule has 1 aliphatic heterocycles. The number of hydrogen-bond acceptors (Lipinski definition) is 5. The Morgan fingerprint density at radius 1 is 1.14 bits per heavy atom. The van der Waals surface area contributed by atoms with Crippen LogP contribution in [-0.2, 0) is 14.8 Å². The molecule has 0 saturated carbocycles. The van der Waals surface area contributed by atoms with Gasteiger partial charge in [-0.2, -0.15) is 4.31 Å². The lowest BCUT2D eigenvalue weighted by Crippen LogP contribution is -2.38. The minimum atomic E-state index is -4.11. The van der Waals surface area contributed by atoms with Gasteiger partial charge in [0.2, 0.25) is 10.0 Å². The van der Waals surface area contributed by atoms with E-state index in [9.17, 15) is 28.4 Å². The number of carboxylic acids is 1. The van der Waals surface area contributed by atoms with Crippen LogP contribution in [0.4, 0.5) is 5.69 Å². The molecule has 9 heteroatoms. The molecule has 1 heterocycles. The molecule has 2 aromatic rings. The zero-order valence-electron chi connectivity index (χ0n) is 14.9. The van der Waals surface area contributed by atoms with E-state index in [1.54, 1.807) is 37.3 Å². The van der Waals surface area contributed by atoms with Crippen molar-refractivity contribution in [2.45, 2.75) is 30.3 Å². The zero-order valence-corrected chi connectivity index (χ0v) is 15.7. The van der Waals surface area contributed by atoms with E-state index in [4.69, 9.17) is 0 Å². The van der Waals surface area contributed by atoms with Crippen LogP contribution in [0.15, 0.2) is 71.1 Å². The van der Waals surface area contributed by atoms with Crippen molar-refractivity contribution in [1.29, 1.82) is 0 Å². The molecule has 2 aromatic carbocycles. The SMILES string of the molecule is CC[C@H]1C=C(C(=O)O)[C@@H](c2ccccc2)N1S(=O)(=O)c1ccc([N+](=O)[O-])cc1. The summed E-state index contributed by atoms with van der Waals surface area (Å²) in [5.74, 6) is -1.19. The van der Waals surface area contributed by atoms with E-state index in [2.05, 4.69) is 0 Å². The smallest absolute Gasteiger partial charge is 0.333 e. The molecular weight excluding hydrogens is 384 g/mol. The number of rotatable bonds is 6. The summed E-state index contributed by atoms with van der Waals surface area (Å²) in [5.41, 5.74) is 0.303. The minimum absolute atomic E-state index is 0.0106. The van der Waals surface area contributed by atoms with Gasteiger partial charge >= 0.3 is 5.97 Å². The van der Waals surface area contributed by atoms with Crippen molar-refractivity contribution in [2.24, 2.45) is 0 Å². The Morgan fingerprint density at radius 3 is 2.25 bits per heavy atom. The average Bonchev–Trinajstić information content (AvgIpc) is 3.09. The predicted molar refractivity (Wildman–Crippen MR) is 101 cm³/mol. The fourth-order valence-corrected chi connectivity index (χ4v) is 5.13. The van der Waals surface area contributed by atoms with Gasteiger partial charge in [-0.25, -0.2) is 13.2 Å². The molecule has 3 rings (SSSR count). The molecule has 0 amide bonds. The van der Waals surface area contributed by atoms with Gasteiger partial charge in [0.15, 0.2) is 0 Å². The second-order valence-corrected chi connectivity index (χ2v) is 8.15. The molecule has 0 bridgehead atoms. The maximum Gasteiger partial charge on any atom is 0.333 e. The van der Waals surface area contributed by atoms with Crippen molar-refractivity contribution in [3.63, 3.8) is 0 Å². The van der Waals surface area contributed by atoms with E-state index in [1.807, 2.05) is 0 Å². The second kappa shape index (κ2) is 7.53. The lowest BCUT2D eigenvalue weighted by Gasteiger charge is -2.30. The van der Waals surface area contributed by atoms with Crippen molar-refractivity contribution >= 4 is 21.7 Å². The fraction of sp³-hybridized carbons (Fsp3) is 0.211. The number of nitro benzene ring substituents is 1. The topological polar surface area (TPSA) is 118 Å². The number of aliphatic carboxylic acids is 1. The first-order valence-corrected chi connectivity index (χ1v) is 9.99. The monoisotopic (exact) mass is 402 g/mol. The van der Waals surface area contributed by atoms with Crippen LogP contribution in [0.5, 0.6) is 0 Å². The maximum atomic E-state index is 13.4. The third-order valence-electron chi connectivity index (χ3n) is 4.65. The first-order chi connectivity index (χ1) is 13.3. The Labute approximate surface area is 161 Å². The first kappa shape index (κ1) is 19.7. The molecule has 0 aromatic heterocycles. The summed E-state index contributed by atoms with van der Waals surface area (Å²) in [7, 11) is -4.11. The number of non-ortho nitro benzene ring substituents is 1. The van der Waals surface area contributed by atoms with Gasteiger partial charge in [-0.05, 0) is 24.1 Å². The molecule has 0 radical (unpaired) electrons. The van der Waals surface area contributed by atoms with E-state index in [0.29, 0.717) is 12.0 Å². The Morgan fingerprint density at radius 2 is 1.75 bits per heavy atom. The molecule has 28 heavy (non-hydrogen) atoms. The highest BCUT2D eigenvalue weighted by molar-refractivity contribution is 7.89. The summed E-state index contributed by atoms with van der Waals surface area (Å²) in [6, 6.07) is 11.5. The van der Waals surface area contributed by atoms with Crippen LogP contribution in [0.2, 0.25) is 0 Å². The molecule has 1 N–H and O–H groups in total. The number of benzene rings is 2. The van der Waals surface area contributed by atoms with Gasteiger partial charge in [0, 0.05) is 18.2 Å². The third kappa shape index (κ3) is 3.41. The summed E-state index contributed by atoms with van der Waals surface area (Å²) < 4.78 is 27.9. The Bertz CT molecular complexity index is 1030. The van der Waals surface area contributed by atoms with Crippen LogP contribution in [0, 0.1) is 10.1 Å². The average molecular weight is 402 g/mol. The standard InChI is InChI=1S/C19H18N2O6S/c1-2-14-12-17(19(22)23)18(13-6-4-3-5-7-13)20(14)28(26,27)16-10-8-15(9-11-16)21(24)25/h3-12,14,18H,2H2,1H3,(H,22,23)/t14-,18+/m0/s1. The number of sulfonamides is 1. The lowest BCUT2D eigenvalue weighted by atomic mass is 10.0. The van der Waals surface area contributed by atoms with Crippen LogP contribution in [0.1, 0.15) is 24.9 Å². The molecule has 0 unspecified atom stereocenters. The molecule has 1 aliphatic rings. The van der Waals surface area contributed by atoms with Crippen LogP contribution in [0.3, 0.4) is 0 Å². The molecule has 0 aliphatic carbocycles. The van der Waals surface area contributed by atoms with Gasteiger partial charge in [-0.1, -0.05) is 43.3 Å². The van der Waals surface area contributed by atoms with Crippen molar-refractivity contribution < 1.29 is 23.2 Å². The molecular formula is C19H18N2O6S. The van der Waals surface area contributed by atoms with Gasteiger partial charge in [-0.3, -0.25) is 10.1 Å². The Hall–Kier alpha value is -3.04. The van der Waals surface area contributed by atoms with E-state index < -0.39 is 33.0 Å². The van der Waals surface area contributed by atoms with E-state index >= 15 is 0 Å². The highest BCUT2D eigenvalue weighted by Gasteiger charge is 2.45.